The van der Waals surface area contributed by atoms with E-state index in [0.717, 1.165) is 6.26 Å². The van der Waals surface area contributed by atoms with Gasteiger partial charge in [-0.25, -0.2) is 23.4 Å². The number of nitrogens with two attached hydrogens (primary N) is 1. The molecule has 0 unspecified atom stereocenters. The van der Waals surface area contributed by atoms with Crippen LogP contribution in [-0.4, -0.2) is 34.6 Å². The van der Waals surface area contributed by atoms with Crippen LogP contribution in [-0.2, 0) is 9.84 Å². The highest BCUT2D eigenvalue weighted by molar-refractivity contribution is 7.90. The predicted molar refractivity (Wildman–Crippen MR) is 109 cm³/mol. The Morgan fingerprint density at radius 1 is 1.14 bits per heavy atom. The minimum Gasteiger partial charge on any atom is -0.382 e. The van der Waals surface area contributed by atoms with Gasteiger partial charge in [0, 0.05) is 14.7 Å². The zero-order valence-electron chi connectivity index (χ0n) is 14.7. The van der Waals surface area contributed by atoms with Crippen molar-refractivity contribution in [2.75, 3.05) is 12.0 Å². The van der Waals surface area contributed by atoms with Crippen LogP contribution in [0.5, 0.6) is 0 Å². The lowest BCUT2D eigenvalue weighted by Crippen LogP contribution is -2.00. The second kappa shape index (κ2) is 6.44. The van der Waals surface area contributed by atoms with Crippen LogP contribution < -0.4 is 5.73 Å². The summed E-state index contributed by atoms with van der Waals surface area (Å²) in [6.45, 7) is 0. The van der Waals surface area contributed by atoms with Gasteiger partial charge in [-0.1, -0.05) is 12.1 Å². The Morgan fingerprint density at radius 2 is 1.89 bits per heavy atom. The molecule has 2 aromatic heterocycles. The standard InChI is InChI=1S/C19H14N6O2S.2H2/c1-28(26,27)13-5-3-12(4-6-13)16-10-22-18(21)17(23-16)19-24-14-7-2-11(9-20)8-15(14)25-19;;/h2-8,10H,1H3,(H2,21,22)(H,24,25);2*1H. The van der Waals surface area contributed by atoms with Gasteiger partial charge in [0.2, 0.25) is 0 Å². The second-order valence-electron chi connectivity index (χ2n) is 6.21. The molecule has 0 aliphatic carbocycles. The summed E-state index contributed by atoms with van der Waals surface area (Å²) in [6.07, 6.45) is 2.67. The van der Waals surface area contributed by atoms with E-state index in [1.807, 2.05) is 0 Å². The van der Waals surface area contributed by atoms with E-state index in [1.54, 1.807) is 30.3 Å². The summed E-state index contributed by atoms with van der Waals surface area (Å²) >= 11 is 0. The Morgan fingerprint density at radius 3 is 2.57 bits per heavy atom. The van der Waals surface area contributed by atoms with Crippen molar-refractivity contribution in [3.05, 3.63) is 54.2 Å². The average molecular weight is 394 g/mol. The number of hydrogen-bond donors (Lipinski definition) is 2. The minimum absolute atomic E-state index is 0. The molecule has 4 rings (SSSR count). The van der Waals surface area contributed by atoms with Gasteiger partial charge in [0.15, 0.2) is 21.5 Å². The van der Waals surface area contributed by atoms with E-state index in [9.17, 15) is 8.42 Å². The third kappa shape index (κ3) is 3.17. The van der Waals surface area contributed by atoms with Crippen LogP contribution in [0.2, 0.25) is 0 Å². The first-order chi connectivity index (χ1) is 13.3. The van der Waals surface area contributed by atoms with Crippen LogP contribution in [0.1, 0.15) is 8.42 Å². The maximum atomic E-state index is 11.6. The van der Waals surface area contributed by atoms with Crippen molar-refractivity contribution < 1.29 is 11.3 Å². The zero-order valence-corrected chi connectivity index (χ0v) is 15.5. The van der Waals surface area contributed by atoms with Crippen LogP contribution in [0.25, 0.3) is 33.8 Å². The third-order valence-corrected chi connectivity index (χ3v) is 5.34. The van der Waals surface area contributed by atoms with Gasteiger partial charge in [0.05, 0.1) is 39.5 Å². The number of nitrogen functional groups attached to an aromatic ring is 1. The molecule has 0 aliphatic rings. The fourth-order valence-electron chi connectivity index (χ4n) is 2.78. The number of rotatable bonds is 3. The summed E-state index contributed by atoms with van der Waals surface area (Å²) in [5.74, 6) is 0.640. The monoisotopic (exact) mass is 394 g/mol. The number of hydrogen-bond acceptors (Lipinski definition) is 7. The van der Waals surface area contributed by atoms with Crippen molar-refractivity contribution in [3.8, 4) is 28.8 Å². The Balaban J connectivity index is 0.00000160. The number of aromatic amines is 1. The van der Waals surface area contributed by atoms with Crippen LogP contribution in [0.3, 0.4) is 0 Å². The Bertz CT molecular complexity index is 1360. The van der Waals surface area contributed by atoms with Crippen molar-refractivity contribution in [3.63, 3.8) is 0 Å². The number of H-pyrrole nitrogens is 1. The maximum absolute atomic E-state index is 11.6. The molecule has 142 valence electrons. The average Bonchev–Trinajstić information content (AvgIpc) is 3.10. The molecular formula is C19H18N6O2S. The minimum atomic E-state index is -3.27. The number of benzene rings is 2. The highest BCUT2D eigenvalue weighted by Gasteiger charge is 2.14. The summed E-state index contributed by atoms with van der Waals surface area (Å²) in [4.78, 5) is 16.6. The van der Waals surface area contributed by atoms with Crippen molar-refractivity contribution in [1.29, 1.82) is 5.26 Å². The molecule has 0 aliphatic heterocycles. The number of aromatic nitrogens is 4. The number of sulfone groups is 1. The molecule has 0 spiro atoms. The molecule has 0 saturated carbocycles. The molecule has 0 atom stereocenters. The molecule has 0 saturated heterocycles. The van der Waals surface area contributed by atoms with E-state index in [0.29, 0.717) is 39.4 Å². The summed E-state index contributed by atoms with van der Waals surface area (Å²) < 4.78 is 23.2. The van der Waals surface area contributed by atoms with Gasteiger partial charge in [0.1, 0.15) is 5.69 Å². The largest absolute Gasteiger partial charge is 0.382 e. The van der Waals surface area contributed by atoms with Crippen LogP contribution in [0.4, 0.5) is 5.82 Å². The van der Waals surface area contributed by atoms with E-state index in [-0.39, 0.29) is 13.6 Å². The molecule has 28 heavy (non-hydrogen) atoms. The second-order valence-corrected chi connectivity index (χ2v) is 8.23. The predicted octanol–water partition coefficient (Wildman–Crippen LogP) is 3.04. The van der Waals surface area contributed by atoms with Gasteiger partial charge < -0.3 is 10.7 Å². The summed E-state index contributed by atoms with van der Waals surface area (Å²) in [5.41, 5.74) is 9.48. The fraction of sp³-hybridized carbons (Fsp3) is 0.0526. The van der Waals surface area contributed by atoms with Crippen molar-refractivity contribution in [1.82, 2.24) is 19.9 Å². The van der Waals surface area contributed by atoms with Crippen molar-refractivity contribution in [2.24, 2.45) is 0 Å². The van der Waals surface area contributed by atoms with Crippen LogP contribution in [0, 0.1) is 11.3 Å². The number of imidazole rings is 1. The van der Waals surface area contributed by atoms with Gasteiger partial charge in [-0.3, -0.25) is 0 Å². The molecule has 0 amide bonds. The Hall–Kier alpha value is -3.77. The highest BCUT2D eigenvalue weighted by Crippen LogP contribution is 2.27. The van der Waals surface area contributed by atoms with E-state index in [1.165, 1.54) is 18.3 Å². The van der Waals surface area contributed by atoms with Crippen molar-refractivity contribution in [2.45, 2.75) is 4.90 Å². The quantitative estimate of drug-likeness (QED) is 0.544. The molecule has 2 heterocycles. The molecule has 0 bridgehead atoms. The zero-order chi connectivity index (χ0) is 19.9. The van der Waals surface area contributed by atoms with Gasteiger partial charge in [0.25, 0.3) is 0 Å². The molecule has 0 fully saturated rings. The van der Waals surface area contributed by atoms with E-state index < -0.39 is 9.84 Å². The van der Waals surface area contributed by atoms with Crippen molar-refractivity contribution >= 4 is 26.7 Å². The number of anilines is 1. The maximum Gasteiger partial charge on any atom is 0.175 e. The number of fused-ring (bicyclic) bond motifs is 1. The SMILES string of the molecule is CS(=O)(=O)c1ccc(-c2cnc(N)c(-c3nc4ccc(C#N)cc4[nH]3)n2)cc1.[HH].[HH]. The molecule has 3 N–H and O–H groups in total. The lowest BCUT2D eigenvalue weighted by molar-refractivity contribution is 0.602. The molecule has 4 aromatic rings. The van der Waals surface area contributed by atoms with Gasteiger partial charge in [-0.2, -0.15) is 5.26 Å². The van der Waals surface area contributed by atoms with Crippen LogP contribution >= 0.6 is 0 Å². The van der Waals surface area contributed by atoms with Gasteiger partial charge in [-0.05, 0) is 30.3 Å². The first-order valence-electron chi connectivity index (χ1n) is 8.18. The molecule has 2 aromatic carbocycles. The number of nitriles is 1. The Labute approximate surface area is 163 Å². The topological polar surface area (TPSA) is 138 Å². The first-order valence-corrected chi connectivity index (χ1v) is 10.1. The number of nitrogens with one attached hydrogen (secondary N) is 1. The molecule has 9 heteroatoms. The van der Waals surface area contributed by atoms with E-state index >= 15 is 0 Å². The first kappa shape index (κ1) is 17.6. The molecule has 8 nitrogen and oxygen atoms in total. The summed E-state index contributed by atoms with van der Waals surface area (Å²) in [5, 5.41) is 9.03. The lowest BCUT2D eigenvalue weighted by Gasteiger charge is -2.06. The normalized spacial score (nSPS) is 11.4. The van der Waals surface area contributed by atoms with E-state index in [4.69, 9.17) is 11.0 Å². The van der Waals surface area contributed by atoms with E-state index in [2.05, 4.69) is 26.0 Å². The third-order valence-electron chi connectivity index (χ3n) is 4.21. The Kier molecular flexibility index (Phi) is 4.05. The molecule has 0 radical (unpaired) electrons. The lowest BCUT2D eigenvalue weighted by atomic mass is 10.1. The molecular weight excluding hydrogens is 376 g/mol. The summed E-state index contributed by atoms with van der Waals surface area (Å²) in [6, 6.07) is 13.6. The van der Waals surface area contributed by atoms with Gasteiger partial charge in [-0.15, -0.1) is 0 Å². The smallest absolute Gasteiger partial charge is 0.175 e. The van der Waals surface area contributed by atoms with Crippen LogP contribution in [0.15, 0.2) is 53.6 Å². The fourth-order valence-corrected chi connectivity index (χ4v) is 3.41. The summed E-state index contributed by atoms with van der Waals surface area (Å²) in [7, 11) is -3.27. The van der Waals surface area contributed by atoms with Gasteiger partial charge >= 0.3 is 0 Å². The highest BCUT2D eigenvalue weighted by atomic mass is 32.2. The number of nitrogens with zero attached hydrogens (tertiary/aromatic N) is 4.